The van der Waals surface area contributed by atoms with Crippen molar-refractivity contribution in [1.29, 1.82) is 0 Å². The Balaban J connectivity index is 2.63. The predicted octanol–water partition coefficient (Wildman–Crippen LogP) is 3.49. The van der Waals surface area contributed by atoms with Crippen LogP contribution in [0.25, 0.3) is 5.69 Å². The maximum absolute atomic E-state index is 11.9. The molecule has 0 aliphatic rings. The van der Waals surface area contributed by atoms with E-state index in [9.17, 15) is 15.0 Å². The van der Waals surface area contributed by atoms with Crippen LogP contribution in [0.4, 0.5) is 0 Å². The first kappa shape index (κ1) is 16.8. The van der Waals surface area contributed by atoms with Gasteiger partial charge in [-0.2, -0.15) is 0 Å². The highest BCUT2D eigenvalue weighted by atomic mass is 16.3. The lowest BCUT2D eigenvalue weighted by Crippen LogP contribution is -2.15. The van der Waals surface area contributed by atoms with Crippen molar-refractivity contribution in [3.63, 3.8) is 0 Å². The van der Waals surface area contributed by atoms with Gasteiger partial charge in [-0.25, -0.2) is 0 Å². The zero-order valence-electron chi connectivity index (χ0n) is 13.3. The summed E-state index contributed by atoms with van der Waals surface area (Å²) in [5, 5.41) is 20.5. The molecule has 1 aromatic heterocycles. The average molecular weight is 311 g/mol. The molecule has 23 heavy (non-hydrogen) atoms. The largest absolute Gasteiger partial charge is 0.503 e. The van der Waals surface area contributed by atoms with E-state index in [1.807, 2.05) is 62.4 Å². The van der Waals surface area contributed by atoms with Gasteiger partial charge in [0.1, 0.15) is 6.10 Å². The zero-order chi connectivity index (χ0) is 16.8. The van der Waals surface area contributed by atoms with Crippen molar-refractivity contribution < 1.29 is 10.2 Å². The van der Waals surface area contributed by atoms with E-state index < -0.39 is 11.5 Å². The number of allylic oxidation sites excluding steroid dienone is 2. The summed E-state index contributed by atoms with van der Waals surface area (Å²) in [6.45, 7) is 3.86. The SMILES string of the molecule is CC=CC(=CCC)C(O)c1cc(=O)c(O)cn1-c1ccccc1. The van der Waals surface area contributed by atoms with Crippen molar-refractivity contribution in [3.05, 3.63) is 82.3 Å². The maximum Gasteiger partial charge on any atom is 0.223 e. The van der Waals surface area contributed by atoms with E-state index >= 15 is 0 Å². The molecule has 0 fully saturated rings. The number of nitrogens with zero attached hydrogens (tertiary/aromatic N) is 1. The van der Waals surface area contributed by atoms with Crippen LogP contribution >= 0.6 is 0 Å². The molecule has 0 amide bonds. The van der Waals surface area contributed by atoms with Crippen LogP contribution in [0.3, 0.4) is 0 Å². The molecule has 1 atom stereocenters. The molecule has 0 saturated carbocycles. The lowest BCUT2D eigenvalue weighted by Gasteiger charge is -2.19. The topological polar surface area (TPSA) is 62.5 Å². The molecule has 0 bridgehead atoms. The summed E-state index contributed by atoms with van der Waals surface area (Å²) in [6, 6.07) is 10.6. The molecule has 0 spiro atoms. The van der Waals surface area contributed by atoms with Crippen LogP contribution in [-0.4, -0.2) is 14.8 Å². The third kappa shape index (κ3) is 3.79. The van der Waals surface area contributed by atoms with Crippen LogP contribution in [0.15, 0.2) is 71.2 Å². The number of rotatable bonds is 5. The summed E-state index contributed by atoms with van der Waals surface area (Å²) in [6.07, 6.45) is 6.73. The first-order valence-corrected chi connectivity index (χ1v) is 7.60. The quantitative estimate of drug-likeness (QED) is 0.831. The van der Waals surface area contributed by atoms with Crippen molar-refractivity contribution in [2.45, 2.75) is 26.4 Å². The number of benzene rings is 1. The summed E-state index contributed by atoms with van der Waals surface area (Å²) in [5.74, 6) is -0.350. The van der Waals surface area contributed by atoms with Crippen molar-refractivity contribution >= 4 is 0 Å². The summed E-state index contributed by atoms with van der Waals surface area (Å²) in [4.78, 5) is 11.9. The Morgan fingerprint density at radius 3 is 2.61 bits per heavy atom. The van der Waals surface area contributed by atoms with Crippen molar-refractivity contribution in [2.24, 2.45) is 0 Å². The minimum Gasteiger partial charge on any atom is -0.503 e. The number of aromatic nitrogens is 1. The van der Waals surface area contributed by atoms with Crippen molar-refractivity contribution in [1.82, 2.24) is 4.57 Å². The average Bonchev–Trinajstić information content (AvgIpc) is 2.57. The molecule has 1 heterocycles. The minimum absolute atomic E-state index is 0.350. The summed E-state index contributed by atoms with van der Waals surface area (Å²) in [5.41, 5.74) is 1.37. The number of pyridine rings is 1. The molecule has 0 aliphatic heterocycles. The van der Waals surface area contributed by atoms with Crippen LogP contribution in [0.2, 0.25) is 0 Å². The molecule has 2 aromatic rings. The molecular weight excluding hydrogens is 290 g/mol. The molecule has 120 valence electrons. The Hall–Kier alpha value is -2.59. The minimum atomic E-state index is -0.959. The van der Waals surface area contributed by atoms with Gasteiger partial charge < -0.3 is 14.8 Å². The summed E-state index contributed by atoms with van der Waals surface area (Å²) in [7, 11) is 0. The second kappa shape index (κ2) is 7.61. The van der Waals surface area contributed by atoms with Gasteiger partial charge in [0.15, 0.2) is 5.75 Å². The van der Waals surface area contributed by atoms with Crippen LogP contribution in [0.5, 0.6) is 5.75 Å². The third-order valence-corrected chi connectivity index (χ3v) is 3.49. The first-order chi connectivity index (χ1) is 11.1. The van der Waals surface area contributed by atoms with Gasteiger partial charge in [0.05, 0.1) is 11.9 Å². The van der Waals surface area contributed by atoms with Crippen molar-refractivity contribution in [3.8, 4) is 11.4 Å². The molecule has 4 nitrogen and oxygen atoms in total. The Bertz CT molecular complexity index is 773. The van der Waals surface area contributed by atoms with Crippen LogP contribution < -0.4 is 5.43 Å². The number of hydrogen-bond donors (Lipinski definition) is 2. The van der Waals surface area contributed by atoms with E-state index in [-0.39, 0.29) is 5.75 Å². The van der Waals surface area contributed by atoms with E-state index in [4.69, 9.17) is 0 Å². The second-order valence-corrected chi connectivity index (χ2v) is 5.17. The van der Waals surface area contributed by atoms with Crippen molar-refractivity contribution in [2.75, 3.05) is 0 Å². The van der Waals surface area contributed by atoms with Gasteiger partial charge in [-0.15, -0.1) is 0 Å². The van der Waals surface area contributed by atoms with Crippen LogP contribution in [0, 0.1) is 0 Å². The molecule has 2 N–H and O–H groups in total. The van der Waals surface area contributed by atoms with E-state index in [2.05, 4.69) is 0 Å². The molecular formula is C19H21NO3. The predicted molar refractivity (Wildman–Crippen MR) is 91.9 cm³/mol. The Morgan fingerprint density at radius 1 is 1.30 bits per heavy atom. The summed E-state index contributed by atoms with van der Waals surface area (Å²) >= 11 is 0. The lowest BCUT2D eigenvalue weighted by molar-refractivity contribution is 0.211. The van der Waals surface area contributed by atoms with Gasteiger partial charge in [0.25, 0.3) is 0 Å². The standard InChI is InChI=1S/C19H21NO3/c1-3-8-14(9-4-2)19(23)16-12-17(21)18(22)13-20(16)15-10-6-5-7-11-15/h3,5-13,19,22-23H,4H2,1-2H3. The van der Waals surface area contributed by atoms with Gasteiger partial charge in [0, 0.05) is 11.8 Å². The number of aliphatic hydroxyl groups excluding tert-OH is 1. The smallest absolute Gasteiger partial charge is 0.223 e. The monoisotopic (exact) mass is 311 g/mol. The lowest BCUT2D eigenvalue weighted by atomic mass is 10.0. The molecule has 0 aliphatic carbocycles. The van der Waals surface area contributed by atoms with Gasteiger partial charge >= 0.3 is 0 Å². The molecule has 4 heteroatoms. The number of hydrogen-bond acceptors (Lipinski definition) is 3. The molecule has 0 radical (unpaired) electrons. The molecule has 1 unspecified atom stereocenters. The fourth-order valence-corrected chi connectivity index (χ4v) is 2.43. The summed E-state index contributed by atoms with van der Waals surface area (Å²) < 4.78 is 1.63. The second-order valence-electron chi connectivity index (χ2n) is 5.17. The molecule has 0 saturated heterocycles. The Labute approximate surface area is 135 Å². The fraction of sp³-hybridized carbons (Fsp3) is 0.211. The fourth-order valence-electron chi connectivity index (χ4n) is 2.43. The van der Waals surface area contributed by atoms with Crippen LogP contribution in [0.1, 0.15) is 32.1 Å². The van der Waals surface area contributed by atoms with E-state index in [1.165, 1.54) is 12.3 Å². The third-order valence-electron chi connectivity index (χ3n) is 3.49. The number of aliphatic hydroxyl groups is 1. The first-order valence-electron chi connectivity index (χ1n) is 7.60. The highest BCUT2D eigenvalue weighted by molar-refractivity contribution is 5.40. The number of aromatic hydroxyl groups is 1. The van der Waals surface area contributed by atoms with E-state index in [1.54, 1.807) is 4.57 Å². The maximum atomic E-state index is 11.9. The van der Waals surface area contributed by atoms with Gasteiger partial charge in [-0.3, -0.25) is 4.79 Å². The number of para-hydroxylation sites is 1. The zero-order valence-corrected chi connectivity index (χ0v) is 13.3. The van der Waals surface area contributed by atoms with E-state index in [0.717, 1.165) is 12.1 Å². The van der Waals surface area contributed by atoms with E-state index in [0.29, 0.717) is 11.3 Å². The highest BCUT2D eigenvalue weighted by Crippen LogP contribution is 2.26. The van der Waals surface area contributed by atoms with Crippen LogP contribution in [-0.2, 0) is 0 Å². The van der Waals surface area contributed by atoms with Gasteiger partial charge in [0.2, 0.25) is 5.43 Å². The van der Waals surface area contributed by atoms with Gasteiger partial charge in [-0.05, 0) is 31.1 Å². The normalized spacial score (nSPS) is 13.4. The Kier molecular flexibility index (Phi) is 5.55. The molecule has 2 rings (SSSR count). The molecule has 1 aromatic carbocycles. The Morgan fingerprint density at radius 2 is 2.00 bits per heavy atom. The highest BCUT2D eigenvalue weighted by Gasteiger charge is 2.17. The van der Waals surface area contributed by atoms with Gasteiger partial charge in [-0.1, -0.05) is 43.4 Å².